The van der Waals surface area contributed by atoms with Gasteiger partial charge >= 0.3 is 0 Å². The molecular formula is C18H16BrN. The summed E-state index contributed by atoms with van der Waals surface area (Å²) >= 11 is 3.57. The second kappa shape index (κ2) is 5.68. The standard InChI is InChI=1S/C18H16BrN/c1-13(20-18-9-5-4-8-17(18)19)15-11-10-14-6-2-3-7-16(14)12-15/h2-13,20H,1H3. The molecule has 20 heavy (non-hydrogen) atoms. The summed E-state index contributed by atoms with van der Waals surface area (Å²) in [6.07, 6.45) is 0. The Balaban J connectivity index is 1.89. The molecule has 0 saturated carbocycles. The Morgan fingerprint density at radius 2 is 1.55 bits per heavy atom. The van der Waals surface area contributed by atoms with E-state index in [1.54, 1.807) is 0 Å². The molecule has 3 aromatic carbocycles. The molecule has 0 aromatic heterocycles. The van der Waals surface area contributed by atoms with Crippen molar-refractivity contribution in [2.75, 3.05) is 5.32 Å². The molecule has 1 nitrogen and oxygen atoms in total. The Kier molecular flexibility index (Phi) is 3.75. The quantitative estimate of drug-likeness (QED) is 0.644. The topological polar surface area (TPSA) is 12.0 Å². The van der Waals surface area contributed by atoms with Crippen molar-refractivity contribution in [1.29, 1.82) is 0 Å². The lowest BCUT2D eigenvalue weighted by Gasteiger charge is -2.17. The van der Waals surface area contributed by atoms with Crippen molar-refractivity contribution in [1.82, 2.24) is 0 Å². The number of hydrogen-bond donors (Lipinski definition) is 1. The lowest BCUT2D eigenvalue weighted by atomic mass is 10.0. The summed E-state index contributed by atoms with van der Waals surface area (Å²) in [4.78, 5) is 0. The van der Waals surface area contributed by atoms with Gasteiger partial charge < -0.3 is 5.32 Å². The molecule has 0 aliphatic carbocycles. The molecule has 1 N–H and O–H groups in total. The molecular weight excluding hydrogens is 310 g/mol. The Morgan fingerprint density at radius 3 is 2.35 bits per heavy atom. The molecule has 0 spiro atoms. The summed E-state index contributed by atoms with van der Waals surface area (Å²) in [5, 5.41) is 6.11. The Morgan fingerprint density at radius 1 is 0.850 bits per heavy atom. The highest BCUT2D eigenvalue weighted by molar-refractivity contribution is 9.10. The highest BCUT2D eigenvalue weighted by Gasteiger charge is 2.07. The predicted octanol–water partition coefficient (Wildman–Crippen LogP) is 5.78. The van der Waals surface area contributed by atoms with Gasteiger partial charge in [0.15, 0.2) is 0 Å². The lowest BCUT2D eigenvalue weighted by Crippen LogP contribution is -2.06. The fourth-order valence-corrected chi connectivity index (χ4v) is 2.77. The second-order valence-electron chi connectivity index (χ2n) is 4.95. The molecule has 0 bridgehead atoms. The number of fused-ring (bicyclic) bond motifs is 1. The fraction of sp³-hybridized carbons (Fsp3) is 0.111. The number of rotatable bonds is 3. The van der Waals surface area contributed by atoms with Crippen LogP contribution in [0.15, 0.2) is 71.2 Å². The third-order valence-electron chi connectivity index (χ3n) is 3.52. The van der Waals surface area contributed by atoms with Gasteiger partial charge in [-0.15, -0.1) is 0 Å². The van der Waals surface area contributed by atoms with Gasteiger partial charge in [0.1, 0.15) is 0 Å². The molecule has 1 unspecified atom stereocenters. The average Bonchev–Trinajstić information content (AvgIpc) is 2.49. The highest BCUT2D eigenvalue weighted by Crippen LogP contribution is 2.27. The van der Waals surface area contributed by atoms with Crippen LogP contribution in [-0.4, -0.2) is 0 Å². The zero-order valence-electron chi connectivity index (χ0n) is 11.3. The maximum atomic E-state index is 3.57. The molecule has 0 aliphatic heterocycles. The Hall–Kier alpha value is -1.80. The first-order valence-electron chi connectivity index (χ1n) is 6.74. The fourth-order valence-electron chi connectivity index (χ4n) is 2.37. The van der Waals surface area contributed by atoms with Gasteiger partial charge in [-0.3, -0.25) is 0 Å². The van der Waals surface area contributed by atoms with Crippen LogP contribution in [-0.2, 0) is 0 Å². The van der Waals surface area contributed by atoms with Gasteiger partial charge in [0.05, 0.1) is 0 Å². The van der Waals surface area contributed by atoms with E-state index >= 15 is 0 Å². The van der Waals surface area contributed by atoms with Crippen LogP contribution >= 0.6 is 15.9 Å². The zero-order chi connectivity index (χ0) is 13.9. The minimum Gasteiger partial charge on any atom is -0.378 e. The number of halogens is 1. The van der Waals surface area contributed by atoms with Crippen molar-refractivity contribution in [2.24, 2.45) is 0 Å². The van der Waals surface area contributed by atoms with Gasteiger partial charge in [-0.25, -0.2) is 0 Å². The summed E-state index contributed by atoms with van der Waals surface area (Å²) in [6, 6.07) is 23.5. The Bertz CT molecular complexity index is 736. The van der Waals surface area contributed by atoms with Gasteiger partial charge in [0, 0.05) is 16.2 Å². The maximum Gasteiger partial charge on any atom is 0.0489 e. The molecule has 3 aromatic rings. The predicted molar refractivity (Wildman–Crippen MR) is 90.1 cm³/mol. The summed E-state index contributed by atoms with van der Waals surface area (Å²) in [6.45, 7) is 2.18. The van der Waals surface area contributed by atoms with E-state index in [4.69, 9.17) is 0 Å². The first-order chi connectivity index (χ1) is 9.74. The number of para-hydroxylation sites is 1. The van der Waals surface area contributed by atoms with E-state index in [1.807, 2.05) is 12.1 Å². The minimum atomic E-state index is 0.262. The molecule has 0 radical (unpaired) electrons. The smallest absolute Gasteiger partial charge is 0.0489 e. The largest absolute Gasteiger partial charge is 0.378 e. The third kappa shape index (κ3) is 2.70. The molecule has 0 amide bonds. The van der Waals surface area contributed by atoms with Gasteiger partial charge in [-0.05, 0) is 57.4 Å². The van der Waals surface area contributed by atoms with Crippen LogP contribution in [0.5, 0.6) is 0 Å². The van der Waals surface area contributed by atoms with Crippen LogP contribution in [0, 0.1) is 0 Å². The first-order valence-corrected chi connectivity index (χ1v) is 7.53. The molecule has 0 saturated heterocycles. The molecule has 100 valence electrons. The van der Waals surface area contributed by atoms with E-state index in [2.05, 4.69) is 82.8 Å². The van der Waals surface area contributed by atoms with Crippen LogP contribution in [0.4, 0.5) is 5.69 Å². The van der Waals surface area contributed by atoms with Gasteiger partial charge in [0.25, 0.3) is 0 Å². The van der Waals surface area contributed by atoms with Crippen LogP contribution in [0.3, 0.4) is 0 Å². The highest BCUT2D eigenvalue weighted by atomic mass is 79.9. The summed E-state index contributed by atoms with van der Waals surface area (Å²) < 4.78 is 1.09. The zero-order valence-corrected chi connectivity index (χ0v) is 12.9. The molecule has 0 aliphatic rings. The number of anilines is 1. The molecule has 1 atom stereocenters. The molecule has 3 rings (SSSR count). The van der Waals surface area contributed by atoms with E-state index in [0.29, 0.717) is 0 Å². The summed E-state index contributed by atoms with van der Waals surface area (Å²) in [5.41, 5.74) is 2.41. The van der Waals surface area contributed by atoms with Crippen molar-refractivity contribution in [3.05, 3.63) is 76.8 Å². The van der Waals surface area contributed by atoms with E-state index in [-0.39, 0.29) is 6.04 Å². The van der Waals surface area contributed by atoms with Crippen molar-refractivity contribution < 1.29 is 0 Å². The van der Waals surface area contributed by atoms with Crippen LogP contribution in [0.2, 0.25) is 0 Å². The summed E-state index contributed by atoms with van der Waals surface area (Å²) in [7, 11) is 0. The SMILES string of the molecule is CC(Nc1ccccc1Br)c1ccc2ccccc2c1. The number of benzene rings is 3. The van der Waals surface area contributed by atoms with Crippen molar-refractivity contribution in [2.45, 2.75) is 13.0 Å². The van der Waals surface area contributed by atoms with E-state index in [0.717, 1.165) is 10.2 Å². The molecule has 0 heterocycles. The van der Waals surface area contributed by atoms with Crippen molar-refractivity contribution in [3.8, 4) is 0 Å². The van der Waals surface area contributed by atoms with Crippen molar-refractivity contribution >= 4 is 32.4 Å². The number of nitrogens with one attached hydrogen (secondary N) is 1. The van der Waals surface area contributed by atoms with Gasteiger partial charge in [0.2, 0.25) is 0 Å². The average molecular weight is 326 g/mol. The van der Waals surface area contributed by atoms with Crippen molar-refractivity contribution in [3.63, 3.8) is 0 Å². The Labute approximate surface area is 127 Å². The lowest BCUT2D eigenvalue weighted by molar-refractivity contribution is 0.886. The second-order valence-corrected chi connectivity index (χ2v) is 5.81. The number of hydrogen-bond acceptors (Lipinski definition) is 1. The van der Waals surface area contributed by atoms with Crippen LogP contribution in [0.1, 0.15) is 18.5 Å². The van der Waals surface area contributed by atoms with Gasteiger partial charge in [-0.2, -0.15) is 0 Å². The van der Waals surface area contributed by atoms with Crippen LogP contribution < -0.4 is 5.32 Å². The minimum absolute atomic E-state index is 0.262. The summed E-state index contributed by atoms with van der Waals surface area (Å²) in [5.74, 6) is 0. The third-order valence-corrected chi connectivity index (χ3v) is 4.21. The van der Waals surface area contributed by atoms with E-state index in [1.165, 1.54) is 16.3 Å². The van der Waals surface area contributed by atoms with E-state index < -0.39 is 0 Å². The van der Waals surface area contributed by atoms with E-state index in [9.17, 15) is 0 Å². The normalized spacial score (nSPS) is 12.3. The monoisotopic (exact) mass is 325 g/mol. The molecule has 2 heteroatoms. The molecule has 0 fully saturated rings. The van der Waals surface area contributed by atoms with Crippen LogP contribution in [0.25, 0.3) is 10.8 Å². The van der Waals surface area contributed by atoms with Gasteiger partial charge in [-0.1, -0.05) is 48.5 Å². The first kappa shape index (κ1) is 13.2. The maximum absolute atomic E-state index is 3.57.